The highest BCUT2D eigenvalue weighted by Gasteiger charge is 2.22. The summed E-state index contributed by atoms with van der Waals surface area (Å²) in [6.07, 6.45) is 0.100. The summed E-state index contributed by atoms with van der Waals surface area (Å²) in [6, 6.07) is 8.44. The number of halogens is 2. The van der Waals surface area contributed by atoms with Gasteiger partial charge in [-0.05, 0) is 42.0 Å². The molecule has 0 unspecified atom stereocenters. The zero-order valence-electron chi connectivity index (χ0n) is 12.5. The summed E-state index contributed by atoms with van der Waals surface area (Å²) in [7, 11) is -4.02. The second kappa shape index (κ2) is 6.64. The Balaban J connectivity index is 1.76. The molecule has 2 aromatic rings. The summed E-state index contributed by atoms with van der Waals surface area (Å²) in [5.74, 6) is -0.963. The molecule has 0 saturated heterocycles. The number of carbonyl (C=O) groups is 2. The molecule has 130 valence electrons. The monoisotopic (exact) mass is 399 g/mol. The van der Waals surface area contributed by atoms with E-state index < -0.39 is 15.9 Å². The fourth-order valence-electron chi connectivity index (χ4n) is 2.28. The van der Waals surface area contributed by atoms with Gasteiger partial charge in [-0.3, -0.25) is 15.0 Å². The van der Waals surface area contributed by atoms with Gasteiger partial charge >= 0.3 is 0 Å². The first-order valence-corrected chi connectivity index (χ1v) is 9.20. The Labute approximate surface area is 153 Å². The summed E-state index contributed by atoms with van der Waals surface area (Å²) in [6.45, 7) is 0. The molecule has 1 aliphatic heterocycles. The number of sulfonamides is 1. The van der Waals surface area contributed by atoms with Crippen molar-refractivity contribution in [1.82, 2.24) is 10.3 Å². The average molecular weight is 400 g/mol. The minimum absolute atomic E-state index is 0.0283. The SMILES string of the molecule is O=C1Cc2cc(S(=O)(=O)NNC(=O)c3cc(Cl)ccc3Cl)ccc2N1. The van der Waals surface area contributed by atoms with Crippen LogP contribution in [0.1, 0.15) is 15.9 Å². The predicted octanol–water partition coefficient (Wildman–Crippen LogP) is 2.11. The molecule has 1 aliphatic rings. The Morgan fingerprint density at radius 2 is 1.88 bits per heavy atom. The van der Waals surface area contributed by atoms with E-state index >= 15 is 0 Å². The molecule has 0 atom stereocenters. The van der Waals surface area contributed by atoms with Gasteiger partial charge in [-0.15, -0.1) is 4.83 Å². The Morgan fingerprint density at radius 1 is 1.12 bits per heavy atom. The maximum absolute atomic E-state index is 12.3. The molecule has 7 nitrogen and oxygen atoms in total. The summed E-state index contributed by atoms with van der Waals surface area (Å²) >= 11 is 11.7. The first kappa shape index (κ1) is 17.7. The molecule has 0 radical (unpaired) electrons. The lowest BCUT2D eigenvalue weighted by molar-refractivity contribution is -0.115. The van der Waals surface area contributed by atoms with E-state index in [0.717, 1.165) is 0 Å². The van der Waals surface area contributed by atoms with Crippen LogP contribution in [0.2, 0.25) is 10.0 Å². The largest absolute Gasteiger partial charge is 0.326 e. The van der Waals surface area contributed by atoms with E-state index in [2.05, 4.69) is 10.7 Å². The molecule has 3 N–H and O–H groups in total. The standard InChI is InChI=1S/C15H11Cl2N3O4S/c16-9-1-3-12(17)11(7-9)15(22)19-20-25(23,24)10-2-4-13-8(5-10)6-14(21)18-13/h1-5,7,20H,6H2,(H,18,21)(H,19,22). The van der Waals surface area contributed by atoms with Crippen molar-refractivity contribution in [3.63, 3.8) is 0 Å². The van der Waals surface area contributed by atoms with Crippen LogP contribution in [0.3, 0.4) is 0 Å². The van der Waals surface area contributed by atoms with Crippen LogP contribution >= 0.6 is 23.2 Å². The lowest BCUT2D eigenvalue weighted by Gasteiger charge is -2.10. The van der Waals surface area contributed by atoms with Crippen molar-refractivity contribution in [2.75, 3.05) is 5.32 Å². The Hall–Kier alpha value is -2.13. The molecule has 2 amide bonds. The molecule has 0 bridgehead atoms. The van der Waals surface area contributed by atoms with E-state index in [1.807, 2.05) is 4.83 Å². The summed E-state index contributed by atoms with van der Waals surface area (Å²) in [5, 5.41) is 3.02. The van der Waals surface area contributed by atoms with Crippen molar-refractivity contribution in [1.29, 1.82) is 0 Å². The number of carbonyl (C=O) groups excluding carboxylic acids is 2. The number of anilines is 1. The van der Waals surface area contributed by atoms with Crippen LogP contribution in [-0.2, 0) is 21.2 Å². The summed E-state index contributed by atoms with van der Waals surface area (Å²) in [4.78, 5) is 25.3. The van der Waals surface area contributed by atoms with Gasteiger partial charge in [-0.1, -0.05) is 23.2 Å². The van der Waals surface area contributed by atoms with Crippen molar-refractivity contribution in [3.05, 3.63) is 57.6 Å². The molecule has 0 aromatic heterocycles. The molecule has 0 saturated carbocycles. The molecule has 10 heteroatoms. The van der Waals surface area contributed by atoms with E-state index in [-0.39, 0.29) is 32.8 Å². The minimum Gasteiger partial charge on any atom is -0.326 e. The molecule has 2 aromatic carbocycles. The number of hydrazine groups is 1. The van der Waals surface area contributed by atoms with Gasteiger partial charge in [0.1, 0.15) is 0 Å². The van der Waals surface area contributed by atoms with Crippen molar-refractivity contribution in [2.45, 2.75) is 11.3 Å². The van der Waals surface area contributed by atoms with Crippen molar-refractivity contribution < 1.29 is 18.0 Å². The van der Waals surface area contributed by atoms with Gasteiger partial charge in [0.25, 0.3) is 15.9 Å². The fraction of sp³-hybridized carbons (Fsp3) is 0.0667. The van der Waals surface area contributed by atoms with Gasteiger partial charge in [0.05, 0.1) is 21.9 Å². The third-order valence-electron chi connectivity index (χ3n) is 3.48. The highest BCUT2D eigenvalue weighted by Crippen LogP contribution is 2.25. The first-order chi connectivity index (χ1) is 11.8. The van der Waals surface area contributed by atoms with Gasteiger partial charge in [0.2, 0.25) is 5.91 Å². The van der Waals surface area contributed by atoms with Crippen LogP contribution in [0, 0.1) is 0 Å². The quantitative estimate of drug-likeness (QED) is 0.684. The molecular weight excluding hydrogens is 389 g/mol. The second-order valence-corrected chi connectivity index (χ2v) is 7.75. The van der Waals surface area contributed by atoms with Gasteiger partial charge < -0.3 is 5.32 Å². The van der Waals surface area contributed by atoms with E-state index in [1.54, 1.807) is 0 Å². The Kier molecular flexibility index (Phi) is 4.70. The van der Waals surface area contributed by atoms with E-state index in [4.69, 9.17) is 23.2 Å². The Morgan fingerprint density at radius 3 is 2.64 bits per heavy atom. The maximum atomic E-state index is 12.3. The molecule has 1 heterocycles. The number of hydrogen-bond donors (Lipinski definition) is 3. The third-order valence-corrected chi connectivity index (χ3v) is 5.29. The van der Waals surface area contributed by atoms with Gasteiger partial charge in [0.15, 0.2) is 0 Å². The normalized spacial score (nSPS) is 13.3. The van der Waals surface area contributed by atoms with Gasteiger partial charge in [0, 0.05) is 10.7 Å². The molecule has 0 spiro atoms. The zero-order valence-corrected chi connectivity index (χ0v) is 14.8. The van der Waals surface area contributed by atoms with Gasteiger partial charge in [-0.25, -0.2) is 8.42 Å². The van der Waals surface area contributed by atoms with E-state index in [1.165, 1.54) is 36.4 Å². The number of nitrogens with one attached hydrogen (secondary N) is 3. The van der Waals surface area contributed by atoms with Crippen LogP contribution in [-0.4, -0.2) is 20.2 Å². The number of rotatable bonds is 4. The van der Waals surface area contributed by atoms with Crippen LogP contribution in [0.15, 0.2) is 41.3 Å². The lowest BCUT2D eigenvalue weighted by atomic mass is 10.2. The van der Waals surface area contributed by atoms with Crippen LogP contribution in [0.25, 0.3) is 0 Å². The van der Waals surface area contributed by atoms with Crippen molar-refractivity contribution in [2.24, 2.45) is 0 Å². The molecule has 25 heavy (non-hydrogen) atoms. The number of fused-ring (bicyclic) bond motifs is 1. The van der Waals surface area contributed by atoms with Crippen LogP contribution in [0.4, 0.5) is 5.69 Å². The minimum atomic E-state index is -4.02. The smallest absolute Gasteiger partial charge is 0.267 e. The van der Waals surface area contributed by atoms with Crippen LogP contribution in [0.5, 0.6) is 0 Å². The second-order valence-electron chi connectivity index (χ2n) is 5.23. The Bertz CT molecular complexity index is 992. The number of benzene rings is 2. The highest BCUT2D eigenvalue weighted by atomic mass is 35.5. The zero-order chi connectivity index (χ0) is 18.2. The number of amides is 2. The number of hydrogen-bond acceptors (Lipinski definition) is 4. The highest BCUT2D eigenvalue weighted by molar-refractivity contribution is 7.89. The summed E-state index contributed by atoms with van der Waals surface area (Å²) in [5.41, 5.74) is 3.24. The molecule has 0 aliphatic carbocycles. The van der Waals surface area contributed by atoms with Crippen molar-refractivity contribution in [3.8, 4) is 0 Å². The topological polar surface area (TPSA) is 104 Å². The molecular formula is C15H11Cl2N3O4S. The van der Waals surface area contributed by atoms with E-state index in [0.29, 0.717) is 11.3 Å². The van der Waals surface area contributed by atoms with Crippen molar-refractivity contribution >= 4 is 50.7 Å². The average Bonchev–Trinajstić information content (AvgIpc) is 2.94. The lowest BCUT2D eigenvalue weighted by Crippen LogP contribution is -2.41. The maximum Gasteiger partial charge on any atom is 0.267 e. The fourth-order valence-corrected chi connectivity index (χ4v) is 3.55. The predicted molar refractivity (Wildman–Crippen MR) is 93.0 cm³/mol. The first-order valence-electron chi connectivity index (χ1n) is 6.96. The van der Waals surface area contributed by atoms with Gasteiger partial charge in [-0.2, -0.15) is 0 Å². The molecule has 3 rings (SSSR count). The summed E-state index contributed by atoms with van der Waals surface area (Å²) < 4.78 is 24.6. The molecule has 0 fully saturated rings. The third kappa shape index (κ3) is 3.77. The van der Waals surface area contributed by atoms with Crippen LogP contribution < -0.4 is 15.6 Å². The van der Waals surface area contributed by atoms with E-state index in [9.17, 15) is 18.0 Å².